The van der Waals surface area contributed by atoms with Crippen LogP contribution in [0.4, 0.5) is 0 Å². The third-order valence-corrected chi connectivity index (χ3v) is 4.83. The molecule has 2 rings (SSSR count). The van der Waals surface area contributed by atoms with Crippen LogP contribution in [0.15, 0.2) is 60.7 Å². The van der Waals surface area contributed by atoms with Crippen molar-refractivity contribution in [3.63, 3.8) is 0 Å². The number of amides is 2. The molecule has 2 aromatic carbocycles. The van der Waals surface area contributed by atoms with Crippen LogP contribution < -0.4 is 10.6 Å². The van der Waals surface area contributed by atoms with Gasteiger partial charge in [-0.15, -0.1) is 0 Å². The van der Waals surface area contributed by atoms with Gasteiger partial charge in [-0.1, -0.05) is 74.5 Å². The zero-order valence-corrected chi connectivity index (χ0v) is 17.6. The molecule has 2 aromatic rings. The number of hydrogen-bond donors (Lipinski definition) is 4. The molecule has 2 amide bonds. The predicted molar refractivity (Wildman–Crippen MR) is 118 cm³/mol. The van der Waals surface area contributed by atoms with Gasteiger partial charge in [0, 0.05) is 12.8 Å². The number of hydrogen-bond acceptors (Lipinski definition) is 4. The Kier molecular flexibility index (Phi) is 9.57. The molecule has 0 spiro atoms. The fourth-order valence-electron chi connectivity index (χ4n) is 3.27. The van der Waals surface area contributed by atoms with Gasteiger partial charge < -0.3 is 20.7 Å². The Labute approximate surface area is 178 Å². The third kappa shape index (κ3) is 8.39. The fourth-order valence-corrected chi connectivity index (χ4v) is 3.27. The van der Waals surface area contributed by atoms with Crippen LogP contribution in [0.2, 0.25) is 0 Å². The van der Waals surface area contributed by atoms with Crippen LogP contribution in [-0.2, 0) is 22.4 Å². The lowest BCUT2D eigenvalue weighted by Crippen LogP contribution is -2.55. The summed E-state index contributed by atoms with van der Waals surface area (Å²) in [5, 5.41) is 24.8. The van der Waals surface area contributed by atoms with Gasteiger partial charge in [0.1, 0.15) is 6.04 Å². The van der Waals surface area contributed by atoms with Crippen LogP contribution in [0, 0.1) is 5.92 Å². The normalized spacial score (nSPS) is 12.8. The lowest BCUT2D eigenvalue weighted by molar-refractivity contribution is -0.129. The van der Waals surface area contributed by atoms with Crippen molar-refractivity contribution in [3.8, 4) is 0 Å². The fraction of sp³-hybridized carbons (Fsp3) is 0.391. The van der Waals surface area contributed by atoms with Gasteiger partial charge in [0.05, 0.1) is 5.94 Å². The molecule has 0 radical (unpaired) electrons. The van der Waals surface area contributed by atoms with E-state index in [9.17, 15) is 19.6 Å². The summed E-state index contributed by atoms with van der Waals surface area (Å²) < 4.78 is 0. The summed E-state index contributed by atoms with van der Waals surface area (Å²) in [5.41, 5.74) is 1.96. The van der Waals surface area contributed by atoms with Crippen molar-refractivity contribution in [1.29, 1.82) is 0 Å². The average molecular weight is 410 g/mol. The Bertz CT molecular complexity index is 784. The SMILES string of the molecule is CC(C)CC(NC(=O)C(Cc1ccccc1)NC(=O)CCc1ccccc1)B(O)O. The maximum Gasteiger partial charge on any atom is 0.475 e. The minimum absolute atomic E-state index is 0.171. The van der Waals surface area contributed by atoms with Crippen molar-refractivity contribution in [3.05, 3.63) is 71.8 Å². The van der Waals surface area contributed by atoms with E-state index in [1.54, 1.807) is 0 Å². The van der Waals surface area contributed by atoms with E-state index in [2.05, 4.69) is 10.6 Å². The largest absolute Gasteiger partial charge is 0.475 e. The molecule has 2 unspecified atom stereocenters. The summed E-state index contributed by atoms with van der Waals surface area (Å²) in [4.78, 5) is 25.4. The molecule has 0 saturated carbocycles. The van der Waals surface area contributed by atoms with E-state index in [1.807, 2.05) is 74.5 Å². The lowest BCUT2D eigenvalue weighted by Gasteiger charge is -2.24. The summed E-state index contributed by atoms with van der Waals surface area (Å²) in [5.74, 6) is -1.27. The first-order valence-electron chi connectivity index (χ1n) is 10.4. The Morgan fingerprint density at radius 3 is 2.00 bits per heavy atom. The standard InChI is InChI=1S/C23H31BN2O4/c1-17(2)15-21(24(29)30)26-23(28)20(16-19-11-7-4-8-12-19)25-22(27)14-13-18-9-5-3-6-10-18/h3-12,17,20-21,29-30H,13-16H2,1-2H3,(H,25,27)(H,26,28). The second kappa shape index (κ2) is 12.1. The molecule has 0 bridgehead atoms. The van der Waals surface area contributed by atoms with Gasteiger partial charge in [0.2, 0.25) is 11.8 Å². The van der Waals surface area contributed by atoms with E-state index in [0.29, 0.717) is 19.3 Å². The number of carbonyl (C=O) groups is 2. The van der Waals surface area contributed by atoms with E-state index >= 15 is 0 Å². The van der Waals surface area contributed by atoms with E-state index in [1.165, 1.54) is 0 Å². The summed E-state index contributed by atoms with van der Waals surface area (Å²) in [6.07, 6.45) is 1.58. The second-order valence-electron chi connectivity index (χ2n) is 7.95. The molecule has 0 saturated heterocycles. The summed E-state index contributed by atoms with van der Waals surface area (Å²) in [7, 11) is -1.66. The summed E-state index contributed by atoms with van der Waals surface area (Å²) in [6, 6.07) is 18.3. The Hall–Kier alpha value is -2.64. The Balaban J connectivity index is 2.05. The van der Waals surface area contributed by atoms with E-state index in [0.717, 1.165) is 11.1 Å². The maximum atomic E-state index is 12.9. The van der Waals surface area contributed by atoms with Crippen LogP contribution >= 0.6 is 0 Å². The third-order valence-electron chi connectivity index (χ3n) is 4.83. The maximum absolute atomic E-state index is 12.9. The number of nitrogens with one attached hydrogen (secondary N) is 2. The Morgan fingerprint density at radius 1 is 0.900 bits per heavy atom. The minimum Gasteiger partial charge on any atom is -0.426 e. The van der Waals surface area contributed by atoms with Crippen LogP contribution in [0.3, 0.4) is 0 Å². The van der Waals surface area contributed by atoms with Crippen molar-refractivity contribution in [2.75, 3.05) is 0 Å². The number of benzene rings is 2. The number of rotatable bonds is 11. The van der Waals surface area contributed by atoms with Gasteiger partial charge in [0.25, 0.3) is 0 Å². The molecule has 0 aliphatic heterocycles. The van der Waals surface area contributed by atoms with E-state index in [-0.39, 0.29) is 18.2 Å². The Morgan fingerprint density at radius 2 is 1.47 bits per heavy atom. The van der Waals surface area contributed by atoms with Crippen LogP contribution in [0.5, 0.6) is 0 Å². The highest BCUT2D eigenvalue weighted by Crippen LogP contribution is 2.09. The van der Waals surface area contributed by atoms with Crippen molar-refractivity contribution < 1.29 is 19.6 Å². The highest BCUT2D eigenvalue weighted by atomic mass is 16.4. The molecule has 0 aliphatic carbocycles. The molecule has 6 nitrogen and oxygen atoms in total. The highest BCUT2D eigenvalue weighted by molar-refractivity contribution is 6.43. The van der Waals surface area contributed by atoms with Gasteiger partial charge in [-0.3, -0.25) is 9.59 Å². The summed E-state index contributed by atoms with van der Waals surface area (Å²) in [6.45, 7) is 3.88. The molecule has 0 fully saturated rings. The molecule has 0 heterocycles. The first kappa shape index (κ1) is 23.6. The first-order valence-corrected chi connectivity index (χ1v) is 10.4. The van der Waals surface area contributed by atoms with Crippen molar-refractivity contribution in [1.82, 2.24) is 10.6 Å². The van der Waals surface area contributed by atoms with Crippen LogP contribution in [-0.4, -0.2) is 41.0 Å². The predicted octanol–water partition coefficient (Wildman–Crippen LogP) is 1.89. The lowest BCUT2D eigenvalue weighted by atomic mass is 9.75. The average Bonchev–Trinajstić information content (AvgIpc) is 2.72. The van der Waals surface area contributed by atoms with Crippen molar-refractivity contribution >= 4 is 18.9 Å². The van der Waals surface area contributed by atoms with Gasteiger partial charge in [-0.2, -0.15) is 0 Å². The van der Waals surface area contributed by atoms with E-state index < -0.39 is 25.0 Å². The zero-order chi connectivity index (χ0) is 21.9. The second-order valence-corrected chi connectivity index (χ2v) is 7.95. The van der Waals surface area contributed by atoms with Gasteiger partial charge in [-0.25, -0.2) is 0 Å². The van der Waals surface area contributed by atoms with Crippen LogP contribution in [0.1, 0.15) is 37.8 Å². The number of carbonyl (C=O) groups excluding carboxylic acids is 2. The molecular formula is C23H31BN2O4. The first-order chi connectivity index (χ1) is 14.3. The van der Waals surface area contributed by atoms with Crippen LogP contribution in [0.25, 0.3) is 0 Å². The smallest absolute Gasteiger partial charge is 0.426 e. The molecule has 2 atom stereocenters. The zero-order valence-electron chi connectivity index (χ0n) is 17.6. The molecule has 30 heavy (non-hydrogen) atoms. The quantitative estimate of drug-likeness (QED) is 0.425. The number of aryl methyl sites for hydroxylation is 1. The minimum atomic E-state index is -1.66. The monoisotopic (exact) mass is 410 g/mol. The molecule has 160 valence electrons. The molecular weight excluding hydrogens is 379 g/mol. The molecule has 0 aromatic heterocycles. The highest BCUT2D eigenvalue weighted by Gasteiger charge is 2.29. The molecule has 0 aliphatic rings. The molecule has 4 N–H and O–H groups in total. The van der Waals surface area contributed by atoms with E-state index in [4.69, 9.17) is 0 Å². The van der Waals surface area contributed by atoms with Gasteiger partial charge >= 0.3 is 7.12 Å². The van der Waals surface area contributed by atoms with Gasteiger partial charge in [0.15, 0.2) is 0 Å². The van der Waals surface area contributed by atoms with Gasteiger partial charge in [-0.05, 0) is 29.9 Å². The van der Waals surface area contributed by atoms with Crippen molar-refractivity contribution in [2.45, 2.75) is 51.5 Å². The molecule has 7 heteroatoms. The topological polar surface area (TPSA) is 98.7 Å². The van der Waals surface area contributed by atoms with Crippen molar-refractivity contribution in [2.24, 2.45) is 5.92 Å². The summed E-state index contributed by atoms with van der Waals surface area (Å²) >= 11 is 0.